The Hall–Kier alpha value is -3.65. The molecular formula is C21H15FN6S. The molecule has 0 saturated heterocycles. The fourth-order valence-electron chi connectivity index (χ4n) is 3.06. The van der Waals surface area contributed by atoms with Crippen LogP contribution in [-0.2, 0) is 0 Å². The maximum absolute atomic E-state index is 13.2. The highest BCUT2D eigenvalue weighted by atomic mass is 32.1. The van der Waals surface area contributed by atoms with Gasteiger partial charge in [-0.15, -0.1) is 16.4 Å². The summed E-state index contributed by atoms with van der Waals surface area (Å²) in [5.74, 6) is 1.45. The Morgan fingerprint density at radius 1 is 0.931 bits per heavy atom. The van der Waals surface area contributed by atoms with Crippen molar-refractivity contribution in [2.75, 3.05) is 5.32 Å². The molecule has 6 nitrogen and oxygen atoms in total. The normalized spacial score (nSPS) is 11.1. The molecule has 0 aliphatic heterocycles. The van der Waals surface area contributed by atoms with Crippen LogP contribution in [0.15, 0.2) is 66.0 Å². The predicted molar refractivity (Wildman–Crippen MR) is 112 cm³/mol. The van der Waals surface area contributed by atoms with E-state index in [4.69, 9.17) is 0 Å². The number of aryl methyl sites for hydroxylation is 1. The molecule has 0 fully saturated rings. The minimum Gasteiger partial charge on any atom is -0.307 e. The first-order chi connectivity index (χ1) is 14.2. The van der Waals surface area contributed by atoms with E-state index in [9.17, 15) is 4.39 Å². The highest BCUT2D eigenvalue weighted by molar-refractivity contribution is 7.15. The maximum Gasteiger partial charge on any atom is 0.249 e. The molecule has 29 heavy (non-hydrogen) atoms. The summed E-state index contributed by atoms with van der Waals surface area (Å²) in [5, 5.41) is 9.67. The molecular weight excluding hydrogens is 387 g/mol. The maximum atomic E-state index is 13.2. The highest BCUT2D eigenvalue weighted by Crippen LogP contribution is 2.27. The number of aromatic nitrogens is 5. The summed E-state index contributed by atoms with van der Waals surface area (Å²) >= 11 is 1.47. The van der Waals surface area contributed by atoms with Gasteiger partial charge in [-0.2, -0.15) is 4.98 Å². The molecule has 5 rings (SSSR count). The lowest BCUT2D eigenvalue weighted by molar-refractivity contribution is 0.628. The number of thiazole rings is 1. The second-order valence-corrected chi connectivity index (χ2v) is 7.27. The number of nitrogens with one attached hydrogen (secondary N) is 1. The Bertz CT molecular complexity index is 1290. The molecule has 0 aliphatic carbocycles. The third-order valence-electron chi connectivity index (χ3n) is 4.37. The van der Waals surface area contributed by atoms with Gasteiger partial charge in [0.1, 0.15) is 17.5 Å². The molecule has 0 spiro atoms. The van der Waals surface area contributed by atoms with Crippen LogP contribution in [0, 0.1) is 12.7 Å². The summed E-state index contributed by atoms with van der Waals surface area (Å²) in [6, 6.07) is 18.1. The Morgan fingerprint density at radius 3 is 2.52 bits per heavy atom. The molecule has 3 heterocycles. The van der Waals surface area contributed by atoms with Crippen molar-refractivity contribution >= 4 is 28.1 Å². The fourth-order valence-corrected chi connectivity index (χ4v) is 3.89. The lowest BCUT2D eigenvalue weighted by Gasteiger charge is -2.06. The van der Waals surface area contributed by atoms with Crippen LogP contribution >= 0.6 is 11.3 Å². The first-order valence-electron chi connectivity index (χ1n) is 8.94. The van der Waals surface area contributed by atoms with Gasteiger partial charge in [-0.25, -0.2) is 18.9 Å². The summed E-state index contributed by atoms with van der Waals surface area (Å²) in [7, 11) is 0. The monoisotopic (exact) mass is 402 g/mol. The molecule has 5 aromatic rings. The van der Waals surface area contributed by atoms with E-state index in [0.717, 1.165) is 27.5 Å². The second kappa shape index (κ2) is 7.06. The van der Waals surface area contributed by atoms with Crippen LogP contribution in [0.5, 0.6) is 0 Å². The summed E-state index contributed by atoms with van der Waals surface area (Å²) in [6.45, 7) is 1.85. The van der Waals surface area contributed by atoms with Gasteiger partial charge < -0.3 is 5.32 Å². The van der Waals surface area contributed by atoms with Crippen LogP contribution in [0.25, 0.3) is 27.5 Å². The SMILES string of the molecule is Cc1nc(Nc2nc3scc(-c4ccc(F)cc4)n3n2)cc(-c2ccccc2)n1. The Balaban J connectivity index is 1.48. The summed E-state index contributed by atoms with van der Waals surface area (Å²) in [4.78, 5) is 14.2. The van der Waals surface area contributed by atoms with Gasteiger partial charge in [0.25, 0.3) is 0 Å². The molecule has 0 bridgehead atoms. The molecule has 142 valence electrons. The number of anilines is 2. The predicted octanol–water partition coefficient (Wildman–Crippen LogP) is 5.11. The summed E-state index contributed by atoms with van der Waals surface area (Å²) in [6.07, 6.45) is 0. The molecule has 2 aromatic carbocycles. The first-order valence-corrected chi connectivity index (χ1v) is 9.82. The first kappa shape index (κ1) is 17.4. The van der Waals surface area contributed by atoms with E-state index in [1.165, 1.54) is 23.5 Å². The van der Waals surface area contributed by atoms with E-state index in [-0.39, 0.29) is 5.82 Å². The zero-order chi connectivity index (χ0) is 19.8. The third-order valence-corrected chi connectivity index (χ3v) is 5.19. The van der Waals surface area contributed by atoms with Crippen molar-refractivity contribution in [2.45, 2.75) is 6.92 Å². The van der Waals surface area contributed by atoms with Crippen LogP contribution in [0.4, 0.5) is 16.2 Å². The second-order valence-electron chi connectivity index (χ2n) is 6.43. The lowest BCUT2D eigenvalue weighted by Crippen LogP contribution is -2.00. The molecule has 3 aromatic heterocycles. The van der Waals surface area contributed by atoms with E-state index in [0.29, 0.717) is 17.6 Å². The fraction of sp³-hybridized carbons (Fsp3) is 0.0476. The van der Waals surface area contributed by atoms with Crippen molar-refractivity contribution in [3.8, 4) is 22.5 Å². The van der Waals surface area contributed by atoms with Crippen LogP contribution in [0.3, 0.4) is 0 Å². The van der Waals surface area contributed by atoms with E-state index in [2.05, 4.69) is 25.4 Å². The molecule has 0 amide bonds. The number of hydrogen-bond acceptors (Lipinski definition) is 6. The average Bonchev–Trinajstić information content (AvgIpc) is 3.29. The number of benzene rings is 2. The van der Waals surface area contributed by atoms with Gasteiger partial charge >= 0.3 is 0 Å². The molecule has 0 saturated carbocycles. The van der Waals surface area contributed by atoms with Crippen molar-refractivity contribution in [3.63, 3.8) is 0 Å². The topological polar surface area (TPSA) is 68.0 Å². The zero-order valence-electron chi connectivity index (χ0n) is 15.4. The molecule has 8 heteroatoms. The number of halogens is 1. The summed E-state index contributed by atoms with van der Waals surface area (Å²) < 4.78 is 15.0. The van der Waals surface area contributed by atoms with Gasteiger partial charge in [-0.1, -0.05) is 30.3 Å². The number of nitrogens with zero attached hydrogens (tertiary/aromatic N) is 5. The van der Waals surface area contributed by atoms with Gasteiger partial charge in [0.05, 0.1) is 11.4 Å². The summed E-state index contributed by atoms with van der Waals surface area (Å²) in [5.41, 5.74) is 3.57. The zero-order valence-corrected chi connectivity index (χ0v) is 16.2. The largest absolute Gasteiger partial charge is 0.307 e. The van der Waals surface area contributed by atoms with Gasteiger partial charge in [-0.3, -0.25) is 0 Å². The molecule has 0 radical (unpaired) electrons. The van der Waals surface area contributed by atoms with Crippen molar-refractivity contribution in [3.05, 3.63) is 77.7 Å². The van der Waals surface area contributed by atoms with Gasteiger partial charge in [0.2, 0.25) is 10.9 Å². The van der Waals surface area contributed by atoms with Crippen molar-refractivity contribution in [1.29, 1.82) is 0 Å². The van der Waals surface area contributed by atoms with Crippen LogP contribution < -0.4 is 5.32 Å². The van der Waals surface area contributed by atoms with Crippen LogP contribution in [0.2, 0.25) is 0 Å². The molecule has 1 N–H and O–H groups in total. The van der Waals surface area contributed by atoms with E-state index < -0.39 is 0 Å². The van der Waals surface area contributed by atoms with Gasteiger partial charge in [-0.05, 0) is 31.2 Å². The van der Waals surface area contributed by atoms with E-state index >= 15 is 0 Å². The smallest absolute Gasteiger partial charge is 0.249 e. The third kappa shape index (κ3) is 3.45. The van der Waals surface area contributed by atoms with Crippen LogP contribution in [-0.4, -0.2) is 24.6 Å². The number of hydrogen-bond donors (Lipinski definition) is 1. The molecule has 0 unspecified atom stereocenters. The van der Waals surface area contributed by atoms with Crippen molar-refractivity contribution in [2.24, 2.45) is 0 Å². The Kier molecular flexibility index (Phi) is 4.25. The van der Waals surface area contributed by atoms with E-state index in [1.54, 1.807) is 16.6 Å². The minimum atomic E-state index is -0.269. The van der Waals surface area contributed by atoms with Gasteiger partial charge in [0.15, 0.2) is 0 Å². The quantitative estimate of drug-likeness (QED) is 0.453. The average molecular weight is 402 g/mol. The number of fused-ring (bicyclic) bond motifs is 1. The van der Waals surface area contributed by atoms with E-state index in [1.807, 2.05) is 48.7 Å². The number of rotatable bonds is 4. The van der Waals surface area contributed by atoms with Crippen molar-refractivity contribution < 1.29 is 4.39 Å². The highest BCUT2D eigenvalue weighted by Gasteiger charge is 2.13. The standard InChI is InChI=1S/C21H15FN6S/c1-13-23-17(14-5-3-2-4-6-14)11-19(24-13)25-20-26-21-28(27-20)18(12-29-21)15-7-9-16(22)10-8-15/h2-12H,1H3,(H,23,24,25,27). The molecule has 0 aliphatic rings. The Morgan fingerprint density at radius 2 is 1.72 bits per heavy atom. The van der Waals surface area contributed by atoms with Gasteiger partial charge in [0, 0.05) is 22.6 Å². The van der Waals surface area contributed by atoms with Crippen LogP contribution in [0.1, 0.15) is 5.82 Å². The van der Waals surface area contributed by atoms with Crippen molar-refractivity contribution in [1.82, 2.24) is 24.6 Å². The molecule has 0 atom stereocenters. The Labute approximate surface area is 169 Å². The lowest BCUT2D eigenvalue weighted by atomic mass is 10.1. The minimum absolute atomic E-state index is 0.269.